The summed E-state index contributed by atoms with van der Waals surface area (Å²) in [4.78, 5) is 11.4. The number of nitrogens with zero attached hydrogens (tertiary/aromatic N) is 1. The van der Waals surface area contributed by atoms with E-state index in [0.717, 1.165) is 17.3 Å². The molecule has 0 fully saturated rings. The second-order valence-corrected chi connectivity index (χ2v) is 4.64. The molecule has 0 bridgehead atoms. The first kappa shape index (κ1) is 14.5. The van der Waals surface area contributed by atoms with Gasteiger partial charge in [0, 0.05) is 4.47 Å². The summed E-state index contributed by atoms with van der Waals surface area (Å²) in [6.07, 6.45) is 1.86. The molecule has 0 aliphatic rings. The van der Waals surface area contributed by atoms with Gasteiger partial charge >= 0.3 is 5.97 Å². The van der Waals surface area contributed by atoms with E-state index in [1.165, 1.54) is 0 Å². The zero-order valence-electron chi connectivity index (χ0n) is 10.2. The normalized spacial score (nSPS) is 9.61. The Morgan fingerprint density at radius 3 is 3.00 bits per heavy atom. The highest BCUT2D eigenvalue weighted by molar-refractivity contribution is 9.10. The van der Waals surface area contributed by atoms with Crippen LogP contribution in [-0.4, -0.2) is 19.1 Å². The van der Waals surface area contributed by atoms with Gasteiger partial charge in [0.15, 0.2) is 0 Å². The summed E-state index contributed by atoms with van der Waals surface area (Å²) in [6, 6.07) is 7.30. The average Bonchev–Trinajstić information content (AvgIpc) is 2.37. The van der Waals surface area contributed by atoms with Crippen LogP contribution in [-0.2, 0) is 9.53 Å². The maximum Gasteiger partial charge on any atom is 0.325 e. The lowest BCUT2D eigenvalue weighted by Gasteiger charge is -2.08. The number of ether oxygens (including phenoxy) is 1. The molecule has 4 nitrogen and oxygen atoms in total. The van der Waals surface area contributed by atoms with Crippen molar-refractivity contribution in [2.24, 2.45) is 0 Å². The number of nitriles is 1. The van der Waals surface area contributed by atoms with Gasteiger partial charge in [-0.25, -0.2) is 0 Å². The Balaban J connectivity index is 2.50. The molecule has 0 unspecified atom stereocenters. The molecule has 0 amide bonds. The molecule has 0 saturated heterocycles. The lowest BCUT2D eigenvalue weighted by atomic mass is 10.2. The van der Waals surface area contributed by atoms with E-state index < -0.39 is 0 Å². The first-order chi connectivity index (χ1) is 8.67. The third kappa shape index (κ3) is 4.76. The highest BCUT2D eigenvalue weighted by atomic mass is 79.9. The third-order valence-electron chi connectivity index (χ3n) is 2.29. The minimum absolute atomic E-state index is 0.0643. The average molecular weight is 311 g/mol. The van der Waals surface area contributed by atoms with Gasteiger partial charge in [-0.3, -0.25) is 4.79 Å². The molecule has 0 radical (unpaired) electrons. The summed E-state index contributed by atoms with van der Waals surface area (Å²) in [7, 11) is 0. The number of carbonyl (C=O) groups excluding carboxylic acids is 1. The van der Waals surface area contributed by atoms with Gasteiger partial charge in [-0.2, -0.15) is 5.26 Å². The predicted molar refractivity (Wildman–Crippen MR) is 73.2 cm³/mol. The SMILES string of the molecule is CCCCOC(=O)CNc1cc(Br)ccc1C#N. The predicted octanol–water partition coefficient (Wildman–Crippen LogP) is 3.08. The first-order valence-electron chi connectivity index (χ1n) is 5.76. The highest BCUT2D eigenvalue weighted by Crippen LogP contribution is 2.20. The van der Waals surface area contributed by atoms with E-state index in [-0.39, 0.29) is 12.5 Å². The molecule has 1 aromatic rings. The largest absolute Gasteiger partial charge is 0.464 e. The molecular weight excluding hydrogens is 296 g/mol. The van der Waals surface area contributed by atoms with Crippen LogP contribution in [0.4, 0.5) is 5.69 Å². The zero-order valence-corrected chi connectivity index (χ0v) is 11.8. The number of esters is 1. The lowest BCUT2D eigenvalue weighted by Crippen LogP contribution is -2.17. The highest BCUT2D eigenvalue weighted by Gasteiger charge is 2.06. The minimum atomic E-state index is -0.313. The number of nitrogens with one attached hydrogen (secondary N) is 1. The number of rotatable bonds is 6. The van der Waals surface area contributed by atoms with Crippen LogP contribution < -0.4 is 5.32 Å². The molecule has 0 heterocycles. The number of hydrogen-bond donors (Lipinski definition) is 1. The van der Waals surface area contributed by atoms with E-state index in [2.05, 4.69) is 27.3 Å². The second-order valence-electron chi connectivity index (χ2n) is 3.73. The Bertz CT molecular complexity index is 455. The van der Waals surface area contributed by atoms with Crippen LogP contribution >= 0.6 is 15.9 Å². The molecule has 0 atom stereocenters. The summed E-state index contributed by atoms with van der Waals surface area (Å²) >= 11 is 3.32. The number of benzene rings is 1. The topological polar surface area (TPSA) is 62.1 Å². The molecule has 0 spiro atoms. The van der Waals surface area contributed by atoms with Crippen LogP contribution in [0.2, 0.25) is 0 Å². The van der Waals surface area contributed by atoms with Crippen molar-refractivity contribution in [2.45, 2.75) is 19.8 Å². The van der Waals surface area contributed by atoms with Gasteiger partial charge in [-0.1, -0.05) is 29.3 Å². The van der Waals surface area contributed by atoms with Gasteiger partial charge < -0.3 is 10.1 Å². The Hall–Kier alpha value is -1.54. The fraction of sp³-hybridized carbons (Fsp3) is 0.385. The second kappa shape index (κ2) is 7.72. The molecule has 0 aliphatic heterocycles. The van der Waals surface area contributed by atoms with E-state index in [4.69, 9.17) is 10.00 Å². The number of carbonyl (C=O) groups is 1. The Kier molecular flexibility index (Phi) is 6.23. The van der Waals surface area contributed by atoms with Crippen molar-refractivity contribution in [2.75, 3.05) is 18.5 Å². The molecule has 0 saturated carbocycles. The van der Waals surface area contributed by atoms with Crippen molar-refractivity contribution >= 4 is 27.6 Å². The molecule has 0 aliphatic carbocycles. The van der Waals surface area contributed by atoms with Crippen LogP contribution in [0.3, 0.4) is 0 Å². The van der Waals surface area contributed by atoms with Gasteiger partial charge in [0.25, 0.3) is 0 Å². The van der Waals surface area contributed by atoms with Crippen LogP contribution in [0, 0.1) is 11.3 Å². The van der Waals surface area contributed by atoms with E-state index in [1.807, 2.05) is 6.92 Å². The zero-order chi connectivity index (χ0) is 13.4. The fourth-order valence-electron chi connectivity index (χ4n) is 1.31. The number of halogens is 1. The Morgan fingerprint density at radius 1 is 1.56 bits per heavy atom. The summed E-state index contributed by atoms with van der Waals surface area (Å²) in [6.45, 7) is 2.54. The molecule has 96 valence electrons. The summed E-state index contributed by atoms with van der Waals surface area (Å²) in [5.74, 6) is -0.313. The van der Waals surface area contributed by atoms with Crippen LogP contribution in [0.5, 0.6) is 0 Å². The summed E-state index contributed by atoms with van der Waals surface area (Å²) < 4.78 is 5.86. The van der Waals surface area contributed by atoms with E-state index in [9.17, 15) is 4.79 Å². The standard InChI is InChI=1S/C13H15BrN2O2/c1-2-3-6-18-13(17)9-16-12-7-11(14)5-4-10(12)8-15/h4-5,7,16H,2-3,6,9H2,1H3. The monoisotopic (exact) mass is 310 g/mol. The quantitative estimate of drug-likeness (QED) is 0.648. The van der Waals surface area contributed by atoms with Gasteiger partial charge in [0.2, 0.25) is 0 Å². The fourth-order valence-corrected chi connectivity index (χ4v) is 1.67. The van der Waals surface area contributed by atoms with Crippen LogP contribution in [0.15, 0.2) is 22.7 Å². The molecule has 1 rings (SSSR count). The van der Waals surface area contributed by atoms with Crippen molar-refractivity contribution < 1.29 is 9.53 Å². The smallest absolute Gasteiger partial charge is 0.325 e. The first-order valence-corrected chi connectivity index (χ1v) is 6.55. The van der Waals surface area contributed by atoms with Crippen LogP contribution in [0.1, 0.15) is 25.3 Å². The van der Waals surface area contributed by atoms with Gasteiger partial charge in [-0.15, -0.1) is 0 Å². The van der Waals surface area contributed by atoms with E-state index in [0.29, 0.717) is 17.9 Å². The van der Waals surface area contributed by atoms with E-state index >= 15 is 0 Å². The van der Waals surface area contributed by atoms with Crippen molar-refractivity contribution in [3.8, 4) is 6.07 Å². The Morgan fingerprint density at radius 2 is 2.33 bits per heavy atom. The molecular formula is C13H15BrN2O2. The molecule has 1 N–H and O–H groups in total. The number of unbranched alkanes of at least 4 members (excludes halogenated alkanes) is 1. The number of anilines is 1. The van der Waals surface area contributed by atoms with Crippen molar-refractivity contribution in [3.63, 3.8) is 0 Å². The van der Waals surface area contributed by atoms with Crippen molar-refractivity contribution in [1.29, 1.82) is 5.26 Å². The number of hydrogen-bond acceptors (Lipinski definition) is 4. The molecule has 0 aromatic heterocycles. The third-order valence-corrected chi connectivity index (χ3v) is 2.78. The Labute approximate surface area is 115 Å². The van der Waals surface area contributed by atoms with Crippen molar-refractivity contribution in [1.82, 2.24) is 0 Å². The molecule has 1 aromatic carbocycles. The minimum Gasteiger partial charge on any atom is -0.464 e. The lowest BCUT2D eigenvalue weighted by molar-refractivity contribution is -0.141. The van der Waals surface area contributed by atoms with Crippen molar-refractivity contribution in [3.05, 3.63) is 28.2 Å². The molecule has 18 heavy (non-hydrogen) atoms. The maximum absolute atomic E-state index is 11.4. The van der Waals surface area contributed by atoms with Crippen LogP contribution in [0.25, 0.3) is 0 Å². The van der Waals surface area contributed by atoms with E-state index in [1.54, 1.807) is 18.2 Å². The van der Waals surface area contributed by atoms with Gasteiger partial charge in [0.1, 0.15) is 12.6 Å². The van der Waals surface area contributed by atoms with Gasteiger partial charge in [-0.05, 0) is 24.6 Å². The molecule has 5 heteroatoms. The summed E-state index contributed by atoms with van der Waals surface area (Å²) in [5.41, 5.74) is 1.12. The summed E-state index contributed by atoms with van der Waals surface area (Å²) in [5, 5.41) is 11.8. The van der Waals surface area contributed by atoms with Gasteiger partial charge in [0.05, 0.1) is 17.9 Å². The maximum atomic E-state index is 11.4.